The Bertz CT molecular complexity index is 866. The number of rotatable bonds is 4. The van der Waals surface area contributed by atoms with E-state index in [0.717, 1.165) is 29.3 Å². The number of nitrogens with zero attached hydrogens (tertiary/aromatic N) is 4. The van der Waals surface area contributed by atoms with E-state index in [1.54, 1.807) is 19.5 Å². The summed E-state index contributed by atoms with van der Waals surface area (Å²) in [5.41, 5.74) is 1.79. The van der Waals surface area contributed by atoms with Gasteiger partial charge in [-0.2, -0.15) is 4.98 Å². The van der Waals surface area contributed by atoms with Crippen molar-refractivity contribution in [3.05, 3.63) is 48.6 Å². The fourth-order valence-corrected chi connectivity index (χ4v) is 2.88. The number of benzene rings is 1. The van der Waals surface area contributed by atoms with Crippen LogP contribution in [0.5, 0.6) is 11.5 Å². The van der Waals surface area contributed by atoms with E-state index in [0.29, 0.717) is 18.3 Å². The number of aromatic nitrogens is 3. The molecule has 0 bridgehead atoms. The van der Waals surface area contributed by atoms with Crippen LogP contribution >= 0.6 is 0 Å². The highest BCUT2D eigenvalue weighted by molar-refractivity contribution is 5.63. The maximum Gasteiger partial charge on any atom is 0.246 e. The van der Waals surface area contributed by atoms with Crippen molar-refractivity contribution < 1.29 is 14.0 Å². The summed E-state index contributed by atoms with van der Waals surface area (Å²) in [6.07, 6.45) is 3.50. The highest BCUT2D eigenvalue weighted by Gasteiger charge is 2.25. The maximum absolute atomic E-state index is 5.90. The topological polar surface area (TPSA) is 73.5 Å². The molecule has 0 N–H and O–H groups in total. The Labute approximate surface area is 145 Å². The molecule has 0 spiro atoms. The summed E-state index contributed by atoms with van der Waals surface area (Å²) in [5.74, 6) is 2.69. The first kappa shape index (κ1) is 15.4. The van der Waals surface area contributed by atoms with Gasteiger partial charge >= 0.3 is 0 Å². The highest BCUT2D eigenvalue weighted by Crippen LogP contribution is 2.37. The Morgan fingerprint density at radius 2 is 2.24 bits per heavy atom. The molecule has 128 valence electrons. The van der Waals surface area contributed by atoms with Crippen molar-refractivity contribution in [2.24, 2.45) is 0 Å². The first-order chi connectivity index (χ1) is 12.2. The average Bonchev–Trinajstić information content (AvgIpc) is 3.10. The third kappa shape index (κ3) is 3.13. The van der Waals surface area contributed by atoms with Gasteiger partial charge in [0.2, 0.25) is 11.7 Å². The summed E-state index contributed by atoms with van der Waals surface area (Å²) < 4.78 is 16.7. The molecule has 2 aromatic heterocycles. The lowest BCUT2D eigenvalue weighted by Crippen LogP contribution is -2.38. The van der Waals surface area contributed by atoms with Crippen LogP contribution in [0.3, 0.4) is 0 Å². The SMILES string of the molecule is COc1ccc2c(c1)N(Cc1nc(-c3cccnc3)no1)C[C@@H](C)O2. The van der Waals surface area contributed by atoms with Gasteiger partial charge in [0.1, 0.15) is 17.6 Å². The number of hydrogen-bond acceptors (Lipinski definition) is 7. The number of fused-ring (bicyclic) bond motifs is 1. The van der Waals surface area contributed by atoms with Gasteiger partial charge in [-0.05, 0) is 31.2 Å². The molecule has 0 saturated heterocycles. The Morgan fingerprint density at radius 3 is 3.04 bits per heavy atom. The molecule has 7 heteroatoms. The van der Waals surface area contributed by atoms with Gasteiger partial charge in [0.15, 0.2) is 0 Å². The summed E-state index contributed by atoms with van der Waals surface area (Å²) in [5, 5.41) is 4.05. The lowest BCUT2D eigenvalue weighted by molar-refractivity contribution is 0.209. The highest BCUT2D eigenvalue weighted by atomic mass is 16.5. The van der Waals surface area contributed by atoms with Crippen LogP contribution in [-0.2, 0) is 6.54 Å². The Balaban J connectivity index is 1.60. The van der Waals surface area contributed by atoms with Gasteiger partial charge < -0.3 is 18.9 Å². The zero-order chi connectivity index (χ0) is 17.2. The second kappa shape index (κ2) is 6.43. The predicted molar refractivity (Wildman–Crippen MR) is 91.7 cm³/mol. The number of hydrogen-bond donors (Lipinski definition) is 0. The van der Waals surface area contributed by atoms with Crippen molar-refractivity contribution in [2.75, 3.05) is 18.6 Å². The van der Waals surface area contributed by atoms with E-state index < -0.39 is 0 Å². The van der Waals surface area contributed by atoms with E-state index in [2.05, 4.69) is 20.0 Å². The van der Waals surface area contributed by atoms with Crippen LogP contribution in [-0.4, -0.2) is 34.9 Å². The minimum Gasteiger partial charge on any atom is -0.497 e. The molecule has 1 aliphatic rings. The summed E-state index contributed by atoms with van der Waals surface area (Å²) in [7, 11) is 1.65. The largest absolute Gasteiger partial charge is 0.497 e. The first-order valence-electron chi connectivity index (χ1n) is 8.05. The Morgan fingerprint density at radius 1 is 1.32 bits per heavy atom. The third-order valence-corrected chi connectivity index (χ3v) is 4.03. The van der Waals surface area contributed by atoms with Crippen molar-refractivity contribution in [3.63, 3.8) is 0 Å². The Kier molecular flexibility index (Phi) is 3.97. The minimum absolute atomic E-state index is 0.0709. The quantitative estimate of drug-likeness (QED) is 0.724. The molecule has 3 aromatic rings. The van der Waals surface area contributed by atoms with Crippen molar-refractivity contribution >= 4 is 5.69 Å². The first-order valence-corrected chi connectivity index (χ1v) is 8.05. The second-order valence-corrected chi connectivity index (χ2v) is 5.90. The number of ether oxygens (including phenoxy) is 2. The number of pyridine rings is 1. The minimum atomic E-state index is 0.0709. The number of methoxy groups -OCH3 is 1. The Hall–Kier alpha value is -3.09. The molecule has 0 fully saturated rings. The lowest BCUT2D eigenvalue weighted by atomic mass is 10.2. The molecule has 0 saturated carbocycles. The second-order valence-electron chi connectivity index (χ2n) is 5.90. The molecular weight excluding hydrogens is 320 g/mol. The van der Waals surface area contributed by atoms with E-state index in [1.165, 1.54) is 0 Å². The average molecular weight is 338 g/mol. The standard InChI is InChI=1S/C18H18N4O3/c1-12-10-22(15-8-14(23-2)5-6-16(15)24-12)11-17-20-18(21-25-17)13-4-3-7-19-9-13/h3-9,12H,10-11H2,1-2H3/t12-/m1/s1. The smallest absolute Gasteiger partial charge is 0.246 e. The van der Waals surface area contributed by atoms with E-state index in [-0.39, 0.29) is 6.10 Å². The zero-order valence-corrected chi connectivity index (χ0v) is 14.0. The van der Waals surface area contributed by atoms with E-state index in [4.69, 9.17) is 14.0 Å². The molecular formula is C18H18N4O3. The molecule has 1 atom stereocenters. The van der Waals surface area contributed by atoms with Gasteiger partial charge in [0.25, 0.3) is 0 Å². The summed E-state index contributed by atoms with van der Waals surface area (Å²) >= 11 is 0. The van der Waals surface area contributed by atoms with Gasteiger partial charge in [-0.15, -0.1) is 0 Å². The number of anilines is 1. The monoisotopic (exact) mass is 338 g/mol. The van der Waals surface area contributed by atoms with Crippen LogP contribution in [0, 0.1) is 0 Å². The van der Waals surface area contributed by atoms with Gasteiger partial charge in [-0.1, -0.05) is 5.16 Å². The third-order valence-electron chi connectivity index (χ3n) is 4.03. The van der Waals surface area contributed by atoms with Crippen LogP contribution in [0.2, 0.25) is 0 Å². The van der Waals surface area contributed by atoms with Crippen molar-refractivity contribution in [2.45, 2.75) is 19.6 Å². The van der Waals surface area contributed by atoms with Crippen LogP contribution < -0.4 is 14.4 Å². The molecule has 7 nitrogen and oxygen atoms in total. The van der Waals surface area contributed by atoms with Crippen molar-refractivity contribution in [3.8, 4) is 22.9 Å². The van der Waals surface area contributed by atoms with Crippen LogP contribution in [0.1, 0.15) is 12.8 Å². The normalized spacial score (nSPS) is 16.2. The maximum atomic E-state index is 5.90. The van der Waals surface area contributed by atoms with Gasteiger partial charge in [-0.25, -0.2) is 0 Å². The molecule has 0 radical (unpaired) electrons. The molecule has 3 heterocycles. The van der Waals surface area contributed by atoms with Crippen LogP contribution in [0.25, 0.3) is 11.4 Å². The molecule has 1 aromatic carbocycles. The fraction of sp³-hybridized carbons (Fsp3) is 0.278. The van der Waals surface area contributed by atoms with E-state index in [9.17, 15) is 0 Å². The van der Waals surface area contributed by atoms with Crippen LogP contribution in [0.15, 0.2) is 47.2 Å². The summed E-state index contributed by atoms with van der Waals surface area (Å²) in [6, 6.07) is 9.52. The summed E-state index contributed by atoms with van der Waals surface area (Å²) in [6.45, 7) is 3.26. The van der Waals surface area contributed by atoms with E-state index >= 15 is 0 Å². The van der Waals surface area contributed by atoms with Gasteiger partial charge in [0.05, 0.1) is 25.9 Å². The van der Waals surface area contributed by atoms with Crippen molar-refractivity contribution in [1.29, 1.82) is 0 Å². The lowest BCUT2D eigenvalue weighted by Gasteiger charge is -2.34. The van der Waals surface area contributed by atoms with Crippen molar-refractivity contribution in [1.82, 2.24) is 15.1 Å². The molecule has 1 aliphatic heterocycles. The summed E-state index contributed by atoms with van der Waals surface area (Å²) in [4.78, 5) is 10.7. The zero-order valence-electron chi connectivity index (χ0n) is 14.0. The van der Waals surface area contributed by atoms with Gasteiger partial charge in [0, 0.05) is 24.0 Å². The van der Waals surface area contributed by atoms with E-state index in [1.807, 2.05) is 37.3 Å². The molecule has 25 heavy (non-hydrogen) atoms. The fourth-order valence-electron chi connectivity index (χ4n) is 2.88. The molecule has 0 unspecified atom stereocenters. The molecule has 0 amide bonds. The van der Waals surface area contributed by atoms with Crippen LogP contribution in [0.4, 0.5) is 5.69 Å². The molecule has 4 rings (SSSR count). The van der Waals surface area contributed by atoms with Gasteiger partial charge in [-0.3, -0.25) is 4.98 Å². The predicted octanol–water partition coefficient (Wildman–Crippen LogP) is 2.93. The molecule has 0 aliphatic carbocycles.